The number of rotatable bonds is 5. The van der Waals surface area contributed by atoms with E-state index in [1.807, 2.05) is 0 Å². The molecule has 1 aliphatic heterocycles. The molecule has 5 N–H and O–H groups in total. The first-order valence-corrected chi connectivity index (χ1v) is 7.91. The molecule has 0 bridgehead atoms. The molecule has 0 amide bonds. The molecule has 1 aliphatic rings. The van der Waals surface area contributed by atoms with E-state index in [1.165, 1.54) is 22.7 Å². The van der Waals surface area contributed by atoms with Crippen LogP contribution in [0.2, 0.25) is 0 Å². The molecule has 10 heteroatoms. The molecule has 4 atom stereocenters. The number of aliphatic hydroxyl groups is 3. The zero-order valence-electron chi connectivity index (χ0n) is 12.1. The summed E-state index contributed by atoms with van der Waals surface area (Å²) in [6.45, 7) is 3.25. The van der Waals surface area contributed by atoms with Crippen LogP contribution in [0.3, 0.4) is 0 Å². The van der Waals surface area contributed by atoms with Gasteiger partial charge in [0.05, 0.1) is 12.9 Å². The summed E-state index contributed by atoms with van der Waals surface area (Å²) in [4.78, 5) is 12.6. The standard InChI is InChI=1S/C13H17N5O4S/c1-2-3-23-11-7-10(16-13(14)17-11)18(5-15-7)12-9(21)8(20)6(4-19)22-12/h2,5-6,8-9,12,19-21H,1,3-4H2,(H2,14,16,17)/t6-,8+,9?,12-/m1/s1. The molecule has 9 nitrogen and oxygen atoms in total. The number of nitrogen functional groups attached to an aromatic ring is 1. The summed E-state index contributed by atoms with van der Waals surface area (Å²) in [6.07, 6.45) is -1.03. The van der Waals surface area contributed by atoms with Crippen LogP contribution in [0.15, 0.2) is 24.0 Å². The second kappa shape index (κ2) is 6.42. The van der Waals surface area contributed by atoms with Crippen LogP contribution in [-0.2, 0) is 4.74 Å². The van der Waals surface area contributed by atoms with E-state index in [-0.39, 0.29) is 5.95 Å². The van der Waals surface area contributed by atoms with E-state index in [2.05, 4.69) is 21.5 Å². The minimum absolute atomic E-state index is 0.0672. The number of thioether (sulfide) groups is 1. The Hall–Kier alpha value is -1.72. The third-order valence-electron chi connectivity index (χ3n) is 3.54. The van der Waals surface area contributed by atoms with E-state index in [4.69, 9.17) is 10.5 Å². The second-order valence-electron chi connectivity index (χ2n) is 5.04. The number of hydrogen-bond acceptors (Lipinski definition) is 9. The van der Waals surface area contributed by atoms with Gasteiger partial charge >= 0.3 is 0 Å². The van der Waals surface area contributed by atoms with Gasteiger partial charge < -0.3 is 25.8 Å². The highest BCUT2D eigenvalue weighted by Crippen LogP contribution is 2.33. The molecule has 3 rings (SSSR count). The third-order valence-corrected chi connectivity index (χ3v) is 4.50. The van der Waals surface area contributed by atoms with Crippen molar-refractivity contribution in [3.05, 3.63) is 19.0 Å². The number of nitrogens with zero attached hydrogens (tertiary/aromatic N) is 4. The molecule has 0 saturated carbocycles. The topological polar surface area (TPSA) is 140 Å². The average Bonchev–Trinajstić information content (AvgIpc) is 3.07. The summed E-state index contributed by atoms with van der Waals surface area (Å²) in [5, 5.41) is 29.8. The van der Waals surface area contributed by atoms with E-state index in [0.29, 0.717) is 21.9 Å². The fourth-order valence-electron chi connectivity index (χ4n) is 2.44. The normalized spacial score (nSPS) is 27.6. The summed E-state index contributed by atoms with van der Waals surface area (Å²) in [5.41, 5.74) is 6.65. The molecule has 3 heterocycles. The van der Waals surface area contributed by atoms with Crippen LogP contribution in [-0.4, -0.2) is 65.5 Å². The molecular weight excluding hydrogens is 322 g/mol. The van der Waals surface area contributed by atoms with Crippen molar-refractivity contribution in [2.45, 2.75) is 29.6 Å². The van der Waals surface area contributed by atoms with Gasteiger partial charge in [-0.25, -0.2) is 9.97 Å². The fourth-order valence-corrected chi connectivity index (χ4v) is 3.16. The molecule has 1 fully saturated rings. The summed E-state index contributed by atoms with van der Waals surface area (Å²) in [5.74, 6) is 0.698. The maximum atomic E-state index is 10.1. The van der Waals surface area contributed by atoms with E-state index < -0.39 is 31.1 Å². The number of aliphatic hydroxyl groups excluding tert-OH is 3. The van der Waals surface area contributed by atoms with Crippen LogP contribution in [0.4, 0.5) is 5.95 Å². The number of fused-ring (bicyclic) bond motifs is 1. The maximum Gasteiger partial charge on any atom is 0.223 e. The Kier molecular flexibility index (Phi) is 4.50. The number of anilines is 1. The van der Waals surface area contributed by atoms with E-state index >= 15 is 0 Å². The second-order valence-corrected chi connectivity index (χ2v) is 6.05. The van der Waals surface area contributed by atoms with Crippen LogP contribution in [0.25, 0.3) is 11.2 Å². The fraction of sp³-hybridized carbons (Fsp3) is 0.462. The first-order valence-electron chi connectivity index (χ1n) is 6.93. The van der Waals surface area contributed by atoms with Gasteiger partial charge in [-0.2, -0.15) is 4.98 Å². The molecule has 0 spiro atoms. The zero-order valence-corrected chi connectivity index (χ0v) is 12.9. The Labute approximate surface area is 135 Å². The zero-order chi connectivity index (χ0) is 16.6. The number of imidazole rings is 1. The molecule has 124 valence electrons. The van der Waals surface area contributed by atoms with Crippen molar-refractivity contribution in [3.63, 3.8) is 0 Å². The van der Waals surface area contributed by atoms with Crippen LogP contribution in [0.5, 0.6) is 0 Å². The quantitative estimate of drug-likeness (QED) is 0.316. The number of hydrogen-bond donors (Lipinski definition) is 4. The summed E-state index contributed by atoms with van der Waals surface area (Å²) < 4.78 is 6.98. The molecule has 1 unspecified atom stereocenters. The van der Waals surface area contributed by atoms with Gasteiger partial charge in [0.25, 0.3) is 0 Å². The van der Waals surface area contributed by atoms with Crippen molar-refractivity contribution in [3.8, 4) is 0 Å². The van der Waals surface area contributed by atoms with Crippen molar-refractivity contribution in [1.29, 1.82) is 0 Å². The van der Waals surface area contributed by atoms with Crippen LogP contribution in [0.1, 0.15) is 6.23 Å². The Balaban J connectivity index is 2.02. The van der Waals surface area contributed by atoms with Crippen molar-refractivity contribution in [2.24, 2.45) is 0 Å². The summed E-state index contributed by atoms with van der Waals surface area (Å²) >= 11 is 1.41. The summed E-state index contributed by atoms with van der Waals surface area (Å²) in [6, 6.07) is 0. The highest BCUT2D eigenvalue weighted by Gasteiger charge is 2.44. The van der Waals surface area contributed by atoms with E-state index in [0.717, 1.165) is 0 Å². The van der Waals surface area contributed by atoms with Crippen LogP contribution < -0.4 is 5.73 Å². The van der Waals surface area contributed by atoms with Gasteiger partial charge in [0, 0.05) is 5.75 Å². The van der Waals surface area contributed by atoms with Gasteiger partial charge in [-0.3, -0.25) is 4.57 Å². The Bertz CT molecular complexity index is 724. The largest absolute Gasteiger partial charge is 0.394 e. The summed E-state index contributed by atoms with van der Waals surface area (Å²) in [7, 11) is 0. The SMILES string of the molecule is C=CCSc1nc(N)nc2c1ncn2[C@@H]1O[C@H](CO)[C@H](O)C1O. The lowest BCUT2D eigenvalue weighted by atomic mass is 10.1. The number of ether oxygens (including phenoxy) is 1. The minimum atomic E-state index is -1.22. The highest BCUT2D eigenvalue weighted by molar-refractivity contribution is 7.99. The van der Waals surface area contributed by atoms with E-state index in [9.17, 15) is 15.3 Å². The first kappa shape index (κ1) is 16.1. The van der Waals surface area contributed by atoms with Crippen molar-refractivity contribution in [2.75, 3.05) is 18.1 Å². The highest BCUT2D eigenvalue weighted by atomic mass is 32.2. The molecule has 1 saturated heterocycles. The predicted octanol–water partition coefficient (Wildman–Crippen LogP) is -0.702. The lowest BCUT2D eigenvalue weighted by Gasteiger charge is -2.16. The van der Waals surface area contributed by atoms with Gasteiger partial charge in [0.15, 0.2) is 11.9 Å². The maximum absolute atomic E-state index is 10.1. The lowest BCUT2D eigenvalue weighted by molar-refractivity contribution is -0.0511. The van der Waals surface area contributed by atoms with Gasteiger partial charge in [-0.05, 0) is 0 Å². The Morgan fingerprint density at radius 1 is 1.39 bits per heavy atom. The average molecular weight is 339 g/mol. The molecule has 0 radical (unpaired) electrons. The molecular formula is C13H17N5O4S. The van der Waals surface area contributed by atoms with Crippen molar-refractivity contribution in [1.82, 2.24) is 19.5 Å². The van der Waals surface area contributed by atoms with Gasteiger partial charge in [-0.15, -0.1) is 6.58 Å². The third kappa shape index (κ3) is 2.79. The van der Waals surface area contributed by atoms with Gasteiger partial charge in [0.1, 0.15) is 28.9 Å². The molecule has 2 aromatic rings. The van der Waals surface area contributed by atoms with Crippen LogP contribution in [0, 0.1) is 0 Å². The molecule has 0 aromatic carbocycles. The molecule has 23 heavy (non-hydrogen) atoms. The predicted molar refractivity (Wildman–Crippen MR) is 83.7 cm³/mol. The smallest absolute Gasteiger partial charge is 0.223 e. The first-order chi connectivity index (χ1) is 11.1. The number of aromatic nitrogens is 4. The lowest BCUT2D eigenvalue weighted by Crippen LogP contribution is -2.33. The van der Waals surface area contributed by atoms with E-state index in [1.54, 1.807) is 6.08 Å². The van der Waals surface area contributed by atoms with Crippen molar-refractivity contribution < 1.29 is 20.1 Å². The number of nitrogens with two attached hydrogens (primary N) is 1. The van der Waals surface area contributed by atoms with Gasteiger partial charge in [0.2, 0.25) is 5.95 Å². The monoisotopic (exact) mass is 339 g/mol. The Morgan fingerprint density at radius 3 is 2.83 bits per heavy atom. The molecule has 2 aromatic heterocycles. The Morgan fingerprint density at radius 2 is 2.17 bits per heavy atom. The minimum Gasteiger partial charge on any atom is -0.394 e. The van der Waals surface area contributed by atoms with Crippen LogP contribution >= 0.6 is 11.8 Å². The molecule has 0 aliphatic carbocycles. The van der Waals surface area contributed by atoms with Crippen molar-refractivity contribution >= 4 is 28.9 Å². The van der Waals surface area contributed by atoms with Gasteiger partial charge in [-0.1, -0.05) is 17.8 Å².